The molecule has 2 rings (SSSR count). The highest BCUT2D eigenvalue weighted by Crippen LogP contribution is 2.08. The lowest BCUT2D eigenvalue weighted by Crippen LogP contribution is -2.29. The molecule has 1 unspecified atom stereocenters. The second kappa shape index (κ2) is 4.94. The fourth-order valence-corrected chi connectivity index (χ4v) is 1.66. The smallest absolute Gasteiger partial charge is 0.270 e. The number of hydrogen-bond acceptors (Lipinski definition) is 5. The SMILES string of the molecule is CCn1nc(C)cc1C(=O)NC(C)c1nn[nH]n1. The monoisotopic (exact) mass is 249 g/mol. The molecule has 0 aliphatic rings. The summed E-state index contributed by atoms with van der Waals surface area (Å²) in [5, 5.41) is 20.5. The Bertz CT molecular complexity index is 530. The third-order valence-electron chi connectivity index (χ3n) is 2.53. The van der Waals surface area contributed by atoms with Gasteiger partial charge in [0, 0.05) is 6.54 Å². The fraction of sp³-hybridized carbons (Fsp3) is 0.500. The number of rotatable bonds is 4. The van der Waals surface area contributed by atoms with E-state index >= 15 is 0 Å². The molecule has 0 bridgehead atoms. The van der Waals surface area contributed by atoms with E-state index in [-0.39, 0.29) is 11.9 Å². The molecule has 0 aliphatic carbocycles. The molecule has 8 heteroatoms. The van der Waals surface area contributed by atoms with Crippen molar-refractivity contribution >= 4 is 5.91 Å². The maximum absolute atomic E-state index is 12.1. The number of aryl methyl sites for hydroxylation is 2. The van der Waals surface area contributed by atoms with E-state index in [0.29, 0.717) is 18.1 Å². The van der Waals surface area contributed by atoms with E-state index in [9.17, 15) is 4.79 Å². The maximum Gasteiger partial charge on any atom is 0.270 e. The summed E-state index contributed by atoms with van der Waals surface area (Å²) in [4.78, 5) is 12.1. The van der Waals surface area contributed by atoms with E-state index in [2.05, 4.69) is 31.0 Å². The topological polar surface area (TPSA) is 101 Å². The Morgan fingerprint density at radius 3 is 3.00 bits per heavy atom. The van der Waals surface area contributed by atoms with Gasteiger partial charge in [0.2, 0.25) is 0 Å². The zero-order valence-corrected chi connectivity index (χ0v) is 10.5. The quantitative estimate of drug-likeness (QED) is 0.806. The molecule has 0 saturated carbocycles. The van der Waals surface area contributed by atoms with Crippen molar-refractivity contribution in [2.45, 2.75) is 33.4 Å². The van der Waals surface area contributed by atoms with Gasteiger partial charge in [-0.3, -0.25) is 9.48 Å². The first-order valence-corrected chi connectivity index (χ1v) is 5.70. The van der Waals surface area contributed by atoms with Gasteiger partial charge in [0.15, 0.2) is 5.82 Å². The molecular formula is C10H15N7O. The zero-order valence-electron chi connectivity index (χ0n) is 10.5. The summed E-state index contributed by atoms with van der Waals surface area (Å²) in [5.41, 5.74) is 1.35. The van der Waals surface area contributed by atoms with Gasteiger partial charge in [0.05, 0.1) is 11.7 Å². The lowest BCUT2D eigenvalue weighted by atomic mass is 10.3. The second-order valence-electron chi connectivity index (χ2n) is 3.95. The Morgan fingerprint density at radius 2 is 2.39 bits per heavy atom. The van der Waals surface area contributed by atoms with Crippen LogP contribution in [0, 0.1) is 6.92 Å². The molecule has 2 aromatic rings. The second-order valence-corrected chi connectivity index (χ2v) is 3.95. The summed E-state index contributed by atoms with van der Waals surface area (Å²) in [6.45, 7) is 6.23. The molecule has 0 fully saturated rings. The highest BCUT2D eigenvalue weighted by Gasteiger charge is 2.18. The lowest BCUT2D eigenvalue weighted by molar-refractivity contribution is 0.0927. The third-order valence-corrected chi connectivity index (χ3v) is 2.53. The van der Waals surface area contributed by atoms with Crippen molar-refractivity contribution in [3.8, 4) is 0 Å². The maximum atomic E-state index is 12.1. The number of nitrogens with one attached hydrogen (secondary N) is 2. The molecule has 0 aromatic carbocycles. The van der Waals surface area contributed by atoms with Crippen LogP contribution in [0.4, 0.5) is 0 Å². The van der Waals surface area contributed by atoms with Crippen molar-refractivity contribution in [3.05, 3.63) is 23.3 Å². The normalized spacial score (nSPS) is 12.4. The Morgan fingerprint density at radius 1 is 1.61 bits per heavy atom. The predicted octanol–water partition coefficient (Wildman–Crippen LogP) is 0.216. The van der Waals surface area contributed by atoms with Crippen molar-refractivity contribution in [2.24, 2.45) is 0 Å². The molecule has 2 heterocycles. The Kier molecular flexibility index (Phi) is 3.35. The van der Waals surface area contributed by atoms with E-state index in [0.717, 1.165) is 5.69 Å². The average Bonchev–Trinajstić information content (AvgIpc) is 2.96. The summed E-state index contributed by atoms with van der Waals surface area (Å²) in [6, 6.07) is 1.44. The van der Waals surface area contributed by atoms with Crippen molar-refractivity contribution in [1.82, 2.24) is 35.7 Å². The van der Waals surface area contributed by atoms with Crippen LogP contribution in [0.3, 0.4) is 0 Å². The molecule has 0 spiro atoms. The largest absolute Gasteiger partial charge is 0.341 e. The first kappa shape index (κ1) is 12.2. The van der Waals surface area contributed by atoms with Crippen molar-refractivity contribution < 1.29 is 4.79 Å². The number of tetrazole rings is 1. The lowest BCUT2D eigenvalue weighted by Gasteiger charge is -2.10. The minimum absolute atomic E-state index is 0.199. The molecule has 2 aromatic heterocycles. The number of aromatic nitrogens is 6. The Labute approximate surface area is 104 Å². The minimum Gasteiger partial charge on any atom is -0.341 e. The van der Waals surface area contributed by atoms with Crippen LogP contribution in [0.5, 0.6) is 0 Å². The highest BCUT2D eigenvalue weighted by atomic mass is 16.2. The molecule has 0 aliphatic heterocycles. The number of hydrogen-bond donors (Lipinski definition) is 2. The molecule has 8 nitrogen and oxygen atoms in total. The molecule has 1 atom stereocenters. The van der Waals surface area contributed by atoms with E-state index in [1.165, 1.54) is 0 Å². The first-order chi connectivity index (χ1) is 8.61. The first-order valence-electron chi connectivity index (χ1n) is 5.70. The number of nitrogens with zero attached hydrogens (tertiary/aromatic N) is 5. The van der Waals surface area contributed by atoms with E-state index < -0.39 is 0 Å². The van der Waals surface area contributed by atoms with Gasteiger partial charge >= 0.3 is 0 Å². The summed E-state index contributed by atoms with van der Waals surface area (Å²) < 4.78 is 1.66. The molecule has 0 saturated heterocycles. The Balaban J connectivity index is 2.12. The van der Waals surface area contributed by atoms with Gasteiger partial charge in [0.25, 0.3) is 5.91 Å². The van der Waals surface area contributed by atoms with Crippen LogP contribution in [0.2, 0.25) is 0 Å². The number of amides is 1. The van der Waals surface area contributed by atoms with E-state index in [1.807, 2.05) is 13.8 Å². The van der Waals surface area contributed by atoms with Crippen LogP contribution >= 0.6 is 0 Å². The zero-order chi connectivity index (χ0) is 13.1. The Hall–Kier alpha value is -2.25. The minimum atomic E-state index is -0.309. The van der Waals surface area contributed by atoms with Gasteiger partial charge < -0.3 is 5.32 Å². The van der Waals surface area contributed by atoms with Crippen molar-refractivity contribution in [3.63, 3.8) is 0 Å². The molecule has 96 valence electrons. The van der Waals surface area contributed by atoms with Gasteiger partial charge in [-0.15, -0.1) is 10.2 Å². The summed E-state index contributed by atoms with van der Waals surface area (Å²) in [6.07, 6.45) is 0. The summed E-state index contributed by atoms with van der Waals surface area (Å²) in [7, 11) is 0. The number of aromatic amines is 1. The van der Waals surface area contributed by atoms with Crippen molar-refractivity contribution in [2.75, 3.05) is 0 Å². The predicted molar refractivity (Wildman–Crippen MR) is 62.7 cm³/mol. The number of carbonyl (C=O) groups excluding carboxylic acids is 1. The van der Waals surface area contributed by atoms with Crippen LogP contribution < -0.4 is 5.32 Å². The molecular weight excluding hydrogens is 234 g/mol. The van der Waals surface area contributed by atoms with Crippen LogP contribution in [0.25, 0.3) is 0 Å². The molecule has 18 heavy (non-hydrogen) atoms. The third kappa shape index (κ3) is 2.36. The standard InChI is InChI=1S/C10H15N7O/c1-4-17-8(5-6(2)14-17)10(18)11-7(3)9-12-15-16-13-9/h5,7H,4H2,1-3H3,(H,11,18)(H,12,13,15,16). The highest BCUT2D eigenvalue weighted by molar-refractivity contribution is 5.92. The van der Waals surface area contributed by atoms with Crippen LogP contribution in [0.15, 0.2) is 6.07 Å². The summed E-state index contributed by atoms with van der Waals surface area (Å²) in [5.74, 6) is 0.248. The van der Waals surface area contributed by atoms with Gasteiger partial charge in [-0.1, -0.05) is 5.21 Å². The molecule has 1 amide bonds. The van der Waals surface area contributed by atoms with E-state index in [1.54, 1.807) is 17.7 Å². The average molecular weight is 249 g/mol. The van der Waals surface area contributed by atoms with Crippen molar-refractivity contribution in [1.29, 1.82) is 0 Å². The van der Waals surface area contributed by atoms with Gasteiger partial charge in [-0.05, 0) is 26.8 Å². The van der Waals surface area contributed by atoms with Gasteiger partial charge in [-0.2, -0.15) is 10.3 Å². The molecule has 2 N–H and O–H groups in total. The number of carbonyl (C=O) groups is 1. The molecule has 0 radical (unpaired) electrons. The van der Waals surface area contributed by atoms with Gasteiger partial charge in [-0.25, -0.2) is 0 Å². The fourth-order valence-electron chi connectivity index (χ4n) is 1.66. The van der Waals surface area contributed by atoms with Crippen LogP contribution in [0.1, 0.15) is 41.9 Å². The van der Waals surface area contributed by atoms with Crippen LogP contribution in [-0.2, 0) is 6.54 Å². The van der Waals surface area contributed by atoms with Gasteiger partial charge in [0.1, 0.15) is 5.69 Å². The van der Waals surface area contributed by atoms with E-state index in [4.69, 9.17) is 0 Å². The number of H-pyrrole nitrogens is 1. The summed E-state index contributed by atoms with van der Waals surface area (Å²) >= 11 is 0. The van der Waals surface area contributed by atoms with Crippen LogP contribution in [-0.4, -0.2) is 36.3 Å².